The molecule has 1 N–H and O–H groups in total. The van der Waals surface area contributed by atoms with Crippen LogP contribution in [-0.4, -0.2) is 23.8 Å². The van der Waals surface area contributed by atoms with Crippen LogP contribution < -0.4 is 0 Å². The molecule has 0 saturated heterocycles. The second kappa shape index (κ2) is 14.1. The van der Waals surface area contributed by atoms with Crippen LogP contribution in [0.2, 0.25) is 5.02 Å². The summed E-state index contributed by atoms with van der Waals surface area (Å²) in [5, 5.41) is 9.58. The minimum atomic E-state index is -0.517. The number of nitrogens with zero attached hydrogens (tertiary/aromatic N) is 1. The highest BCUT2D eigenvalue weighted by atomic mass is 35.5. The second-order valence-electron chi connectivity index (χ2n) is 13.8. The second-order valence-corrected chi connectivity index (χ2v) is 14.2. The number of hydrogen-bond acceptors (Lipinski definition) is 3. The zero-order chi connectivity index (χ0) is 34.1. The summed E-state index contributed by atoms with van der Waals surface area (Å²) in [6, 6.07) is 18.4. The molecule has 3 atom stereocenters. The largest absolute Gasteiger partial charge is 0.302 e. The van der Waals surface area contributed by atoms with Crippen molar-refractivity contribution in [3.05, 3.63) is 135 Å². The van der Waals surface area contributed by atoms with Crippen molar-refractivity contribution in [1.82, 2.24) is 0 Å². The Bertz CT molecular complexity index is 1910. The first-order valence-corrected chi connectivity index (χ1v) is 17.6. The lowest BCUT2D eigenvalue weighted by molar-refractivity contribution is -0.114. The van der Waals surface area contributed by atoms with Crippen molar-refractivity contribution in [3.63, 3.8) is 0 Å². The summed E-state index contributed by atoms with van der Waals surface area (Å²) in [4.78, 5) is 18.6. The van der Waals surface area contributed by atoms with Crippen molar-refractivity contribution in [2.75, 3.05) is 0 Å². The van der Waals surface area contributed by atoms with E-state index in [0.29, 0.717) is 51.3 Å². The first-order chi connectivity index (χ1) is 23.0. The Kier molecular flexibility index (Phi) is 9.94. The first kappa shape index (κ1) is 33.7. The Morgan fingerprint density at radius 2 is 1.81 bits per heavy atom. The third-order valence-electron chi connectivity index (χ3n) is 10.4. The van der Waals surface area contributed by atoms with Crippen LogP contribution in [0.1, 0.15) is 87.5 Å². The third kappa shape index (κ3) is 6.73. The lowest BCUT2D eigenvalue weighted by atomic mass is 9.79. The molecule has 0 saturated carbocycles. The number of Topliss-reactive ketones (excluding diaryl/α,β-unsaturated/α-hetero) is 1. The molecular weight excluding hydrogens is 615 g/mol. The quantitative estimate of drug-likeness (QED) is 0.199. The van der Waals surface area contributed by atoms with Gasteiger partial charge in [0.15, 0.2) is 5.78 Å². The van der Waals surface area contributed by atoms with Gasteiger partial charge in [0.1, 0.15) is 11.9 Å². The van der Waals surface area contributed by atoms with Gasteiger partial charge < -0.3 is 5.41 Å². The molecule has 0 amide bonds. The Balaban J connectivity index is 1.24. The monoisotopic (exact) mass is 658 g/mol. The molecule has 0 fully saturated rings. The van der Waals surface area contributed by atoms with Gasteiger partial charge in [-0.1, -0.05) is 99.1 Å². The SMILES string of the molecule is C=C1C2=C(C=NC1C(=N)c1ccc(C3CCC=C(C(C)C)CC3)cc1)C=C(c1ccc(-c3ccc(C)cc3F)cc1Cl)C(=O)CC2CC. The number of aliphatic imine (C=N–C) groups is 1. The van der Waals surface area contributed by atoms with Crippen molar-refractivity contribution in [2.45, 2.75) is 78.2 Å². The van der Waals surface area contributed by atoms with Gasteiger partial charge in [0, 0.05) is 34.4 Å². The summed E-state index contributed by atoms with van der Waals surface area (Å²) in [6.07, 6.45) is 11.7. The number of carbonyl (C=O) groups is 1. The number of nitrogens with one attached hydrogen (secondary N) is 1. The lowest BCUT2D eigenvalue weighted by Crippen LogP contribution is -2.28. The fourth-order valence-electron chi connectivity index (χ4n) is 7.52. The highest BCUT2D eigenvalue weighted by Crippen LogP contribution is 2.41. The number of hydrogen-bond donors (Lipinski definition) is 1. The minimum Gasteiger partial charge on any atom is -0.302 e. The Hall–Kier alpha value is -4.15. The van der Waals surface area contributed by atoms with Crippen molar-refractivity contribution < 1.29 is 9.18 Å². The molecule has 0 spiro atoms. The molecule has 2 aliphatic carbocycles. The van der Waals surface area contributed by atoms with Crippen LogP contribution in [0.25, 0.3) is 16.7 Å². The highest BCUT2D eigenvalue weighted by molar-refractivity contribution is 6.35. The van der Waals surface area contributed by atoms with Crippen molar-refractivity contribution in [1.29, 1.82) is 5.41 Å². The number of rotatable bonds is 7. The summed E-state index contributed by atoms with van der Waals surface area (Å²) >= 11 is 6.80. The van der Waals surface area contributed by atoms with E-state index in [1.165, 1.54) is 11.6 Å². The summed E-state index contributed by atoms with van der Waals surface area (Å²) in [5.74, 6) is 0.754. The fraction of sp³-hybridized carbons (Fsp3) is 0.326. The molecular formula is C43H44ClFN2O. The van der Waals surface area contributed by atoms with E-state index in [2.05, 4.69) is 57.7 Å². The molecule has 1 aliphatic heterocycles. The molecule has 3 nitrogen and oxygen atoms in total. The van der Waals surface area contributed by atoms with Crippen LogP contribution in [0.3, 0.4) is 0 Å². The summed E-state index contributed by atoms with van der Waals surface area (Å²) in [7, 11) is 0. The van der Waals surface area contributed by atoms with E-state index in [4.69, 9.17) is 16.6 Å². The summed E-state index contributed by atoms with van der Waals surface area (Å²) in [6.45, 7) is 13.0. The van der Waals surface area contributed by atoms with Crippen molar-refractivity contribution >= 4 is 34.9 Å². The van der Waals surface area contributed by atoms with E-state index >= 15 is 0 Å². The molecule has 3 aliphatic rings. The predicted molar refractivity (Wildman–Crippen MR) is 199 cm³/mol. The Morgan fingerprint density at radius 1 is 1.06 bits per heavy atom. The van der Waals surface area contributed by atoms with Gasteiger partial charge in [-0.15, -0.1) is 0 Å². The molecule has 1 heterocycles. The zero-order valence-corrected chi connectivity index (χ0v) is 29.1. The van der Waals surface area contributed by atoms with Gasteiger partial charge in [-0.3, -0.25) is 9.79 Å². The molecule has 3 unspecified atom stereocenters. The number of benzene rings is 3. The van der Waals surface area contributed by atoms with Crippen LogP contribution in [-0.2, 0) is 4.79 Å². The Morgan fingerprint density at radius 3 is 2.50 bits per heavy atom. The zero-order valence-electron chi connectivity index (χ0n) is 28.4. The number of allylic oxidation sites excluding steroid dienone is 5. The van der Waals surface area contributed by atoms with E-state index < -0.39 is 6.04 Å². The molecule has 6 rings (SSSR count). The van der Waals surface area contributed by atoms with Gasteiger partial charge in [-0.2, -0.15) is 0 Å². The molecule has 3 aromatic carbocycles. The highest BCUT2D eigenvalue weighted by Gasteiger charge is 2.34. The number of dihydropyridines is 1. The maximum absolute atomic E-state index is 14.7. The smallest absolute Gasteiger partial charge is 0.164 e. The van der Waals surface area contributed by atoms with E-state index in [9.17, 15) is 14.6 Å². The minimum absolute atomic E-state index is 0.00920. The van der Waals surface area contributed by atoms with Gasteiger partial charge in [0.05, 0.1) is 5.71 Å². The molecule has 0 aromatic heterocycles. The van der Waals surface area contributed by atoms with Crippen LogP contribution in [0.15, 0.2) is 107 Å². The van der Waals surface area contributed by atoms with E-state index in [1.54, 1.807) is 30.0 Å². The van der Waals surface area contributed by atoms with E-state index in [1.807, 2.05) is 25.1 Å². The summed E-state index contributed by atoms with van der Waals surface area (Å²) < 4.78 is 14.7. The molecule has 3 aromatic rings. The van der Waals surface area contributed by atoms with Gasteiger partial charge in [0.25, 0.3) is 0 Å². The molecule has 246 valence electrons. The average molecular weight is 659 g/mol. The lowest BCUT2D eigenvalue weighted by Gasteiger charge is -2.28. The molecule has 0 bridgehead atoms. The molecule has 5 heteroatoms. The first-order valence-electron chi connectivity index (χ1n) is 17.2. The van der Waals surface area contributed by atoms with Gasteiger partial charge in [-0.05, 0) is 114 Å². The maximum Gasteiger partial charge on any atom is 0.164 e. The van der Waals surface area contributed by atoms with E-state index in [0.717, 1.165) is 60.0 Å². The predicted octanol–water partition coefficient (Wildman–Crippen LogP) is 11.5. The normalized spacial score (nSPS) is 21.4. The van der Waals surface area contributed by atoms with Crippen LogP contribution in [0.5, 0.6) is 0 Å². The standard InChI is InChI=1S/C43H44ClFN2O/c1-6-28-23-40(48)37(36-19-17-33(22-38(36)44)35-18-10-26(4)20-39(35)45)21-34-24-47-43(27(5)41(28)34)42(46)32-15-13-31(14-16-32)30-9-7-8-29(11-12-30)25(2)3/h8,10,13-22,24-25,28,30,43,46H,5-7,9,11-12,23H2,1-4H3. The van der Waals surface area contributed by atoms with Gasteiger partial charge >= 0.3 is 0 Å². The molecule has 48 heavy (non-hydrogen) atoms. The number of aryl methyl sites for hydroxylation is 1. The number of carbonyl (C=O) groups excluding carboxylic acids is 1. The summed E-state index contributed by atoms with van der Waals surface area (Å²) in [5.41, 5.74) is 9.84. The maximum atomic E-state index is 14.7. The van der Waals surface area contributed by atoms with Crippen LogP contribution in [0, 0.1) is 30.0 Å². The van der Waals surface area contributed by atoms with Crippen molar-refractivity contribution in [3.8, 4) is 11.1 Å². The third-order valence-corrected chi connectivity index (χ3v) is 10.7. The Labute approximate surface area is 289 Å². The topological polar surface area (TPSA) is 53.3 Å². The average Bonchev–Trinajstić information content (AvgIpc) is 3.40. The molecule has 0 radical (unpaired) electrons. The number of ketones is 1. The number of halogens is 2. The van der Waals surface area contributed by atoms with E-state index in [-0.39, 0.29) is 17.5 Å². The van der Waals surface area contributed by atoms with Crippen LogP contribution >= 0.6 is 11.6 Å². The van der Waals surface area contributed by atoms with Crippen molar-refractivity contribution in [2.24, 2.45) is 16.8 Å². The fourth-order valence-corrected chi connectivity index (χ4v) is 7.80. The van der Waals surface area contributed by atoms with Crippen LogP contribution in [0.4, 0.5) is 4.39 Å². The van der Waals surface area contributed by atoms with Gasteiger partial charge in [0.2, 0.25) is 0 Å². The van der Waals surface area contributed by atoms with Gasteiger partial charge in [-0.25, -0.2) is 4.39 Å².